The average Bonchev–Trinajstić information content (AvgIpc) is 2.29. The maximum atomic E-state index is 11.2. The molecule has 1 aliphatic heterocycles. The zero-order valence-corrected chi connectivity index (χ0v) is 11.3. The van der Waals surface area contributed by atoms with Gasteiger partial charge in [-0.1, -0.05) is 0 Å². The number of amides is 1. The van der Waals surface area contributed by atoms with E-state index in [1.54, 1.807) is 13.1 Å². The second-order valence-electron chi connectivity index (χ2n) is 4.06. The van der Waals surface area contributed by atoms with E-state index in [1.165, 1.54) is 0 Å². The Labute approximate surface area is 109 Å². The van der Waals surface area contributed by atoms with Crippen LogP contribution in [0.4, 0.5) is 11.5 Å². The van der Waals surface area contributed by atoms with E-state index in [1.807, 2.05) is 11.0 Å². The van der Waals surface area contributed by atoms with Gasteiger partial charge < -0.3 is 15.5 Å². The minimum absolute atomic E-state index is 0.126. The highest BCUT2D eigenvalue weighted by Gasteiger charge is 2.20. The molecule has 5 nitrogen and oxygen atoms in total. The molecule has 0 unspecified atom stereocenters. The number of carbonyl (C=O) groups is 1. The van der Waals surface area contributed by atoms with Crippen LogP contribution in [0.25, 0.3) is 0 Å². The molecule has 0 aliphatic carbocycles. The minimum atomic E-state index is 0.126. The number of piperazine rings is 1. The van der Waals surface area contributed by atoms with Crippen LogP contribution in [0, 0.1) is 0 Å². The molecule has 0 saturated carbocycles. The lowest BCUT2D eigenvalue weighted by Crippen LogP contribution is -2.48. The third-order valence-electron chi connectivity index (χ3n) is 2.89. The highest BCUT2D eigenvalue weighted by atomic mass is 79.9. The predicted octanol–water partition coefficient (Wildman–Crippen LogP) is 1.09. The number of nitrogens with zero attached hydrogens (tertiary/aromatic N) is 3. The number of rotatable bonds is 1. The van der Waals surface area contributed by atoms with Crippen molar-refractivity contribution in [2.45, 2.75) is 6.92 Å². The fourth-order valence-electron chi connectivity index (χ4n) is 1.95. The molecular weight excluding hydrogens is 284 g/mol. The molecule has 6 heteroatoms. The first-order chi connectivity index (χ1) is 8.08. The molecule has 0 radical (unpaired) electrons. The molecule has 2 N–H and O–H groups in total. The number of hydrogen-bond donors (Lipinski definition) is 1. The monoisotopic (exact) mass is 298 g/mol. The first-order valence-electron chi connectivity index (χ1n) is 5.49. The van der Waals surface area contributed by atoms with Gasteiger partial charge in [0, 0.05) is 43.8 Å². The molecule has 1 fully saturated rings. The van der Waals surface area contributed by atoms with Crippen molar-refractivity contribution in [3.05, 3.63) is 16.7 Å². The SMILES string of the molecule is CC(=O)N1CCN(c2ncc(Br)cc2N)CC1. The fourth-order valence-corrected chi connectivity index (χ4v) is 2.29. The molecule has 1 aliphatic rings. The Hall–Kier alpha value is -1.30. The van der Waals surface area contributed by atoms with Crippen molar-refractivity contribution in [3.8, 4) is 0 Å². The van der Waals surface area contributed by atoms with Crippen molar-refractivity contribution in [1.82, 2.24) is 9.88 Å². The normalized spacial score (nSPS) is 16.1. The van der Waals surface area contributed by atoms with Crippen molar-refractivity contribution >= 4 is 33.3 Å². The Bertz CT molecular complexity index is 429. The molecular formula is C11H15BrN4O. The zero-order chi connectivity index (χ0) is 12.4. The number of hydrogen-bond acceptors (Lipinski definition) is 4. The highest BCUT2D eigenvalue weighted by molar-refractivity contribution is 9.10. The maximum Gasteiger partial charge on any atom is 0.219 e. The lowest BCUT2D eigenvalue weighted by Gasteiger charge is -2.35. The van der Waals surface area contributed by atoms with E-state index >= 15 is 0 Å². The first-order valence-corrected chi connectivity index (χ1v) is 6.28. The van der Waals surface area contributed by atoms with Crippen LogP contribution in [0.15, 0.2) is 16.7 Å². The van der Waals surface area contributed by atoms with E-state index in [-0.39, 0.29) is 5.91 Å². The summed E-state index contributed by atoms with van der Waals surface area (Å²) < 4.78 is 0.876. The third-order valence-corrected chi connectivity index (χ3v) is 3.32. The van der Waals surface area contributed by atoms with E-state index < -0.39 is 0 Å². The Morgan fingerprint density at radius 1 is 1.41 bits per heavy atom. The summed E-state index contributed by atoms with van der Waals surface area (Å²) in [7, 11) is 0. The van der Waals surface area contributed by atoms with E-state index in [2.05, 4.69) is 25.8 Å². The zero-order valence-electron chi connectivity index (χ0n) is 9.69. The summed E-state index contributed by atoms with van der Waals surface area (Å²) in [5, 5.41) is 0. The summed E-state index contributed by atoms with van der Waals surface area (Å²) in [6, 6.07) is 1.85. The van der Waals surface area contributed by atoms with Crippen molar-refractivity contribution in [2.75, 3.05) is 36.8 Å². The Balaban J connectivity index is 2.08. The van der Waals surface area contributed by atoms with Crippen molar-refractivity contribution in [1.29, 1.82) is 0 Å². The molecule has 1 amide bonds. The molecule has 0 bridgehead atoms. The largest absolute Gasteiger partial charge is 0.396 e. The van der Waals surface area contributed by atoms with E-state index in [0.29, 0.717) is 5.69 Å². The molecule has 0 aromatic carbocycles. The van der Waals surface area contributed by atoms with Crippen molar-refractivity contribution in [2.24, 2.45) is 0 Å². The third kappa shape index (κ3) is 2.69. The van der Waals surface area contributed by atoms with Crippen LogP contribution in [0.5, 0.6) is 0 Å². The molecule has 2 heterocycles. The summed E-state index contributed by atoms with van der Waals surface area (Å²) in [6.45, 7) is 4.61. The number of aromatic nitrogens is 1. The maximum absolute atomic E-state index is 11.2. The Kier molecular flexibility index (Phi) is 3.51. The standard InChI is InChI=1S/C11H15BrN4O/c1-8(17)15-2-4-16(5-3-15)11-10(13)6-9(12)7-14-11/h6-7H,2-5,13H2,1H3. The summed E-state index contributed by atoms with van der Waals surface area (Å²) in [6.07, 6.45) is 1.74. The van der Waals surface area contributed by atoms with Gasteiger partial charge in [0.25, 0.3) is 0 Å². The van der Waals surface area contributed by atoms with Crippen LogP contribution in [0.2, 0.25) is 0 Å². The Morgan fingerprint density at radius 3 is 2.59 bits per heavy atom. The van der Waals surface area contributed by atoms with Gasteiger partial charge >= 0.3 is 0 Å². The van der Waals surface area contributed by atoms with Crippen molar-refractivity contribution in [3.63, 3.8) is 0 Å². The van der Waals surface area contributed by atoms with Gasteiger partial charge in [-0.05, 0) is 22.0 Å². The van der Waals surface area contributed by atoms with Crippen LogP contribution >= 0.6 is 15.9 Å². The van der Waals surface area contributed by atoms with Gasteiger partial charge in [-0.25, -0.2) is 4.98 Å². The lowest BCUT2D eigenvalue weighted by molar-refractivity contribution is -0.129. The predicted molar refractivity (Wildman–Crippen MR) is 70.8 cm³/mol. The fraction of sp³-hybridized carbons (Fsp3) is 0.455. The molecule has 92 valence electrons. The molecule has 2 rings (SSSR count). The molecule has 0 atom stereocenters. The molecule has 1 aromatic rings. The second-order valence-corrected chi connectivity index (χ2v) is 4.98. The smallest absolute Gasteiger partial charge is 0.219 e. The minimum Gasteiger partial charge on any atom is -0.396 e. The summed E-state index contributed by atoms with van der Waals surface area (Å²) in [5.41, 5.74) is 6.59. The second kappa shape index (κ2) is 4.91. The number of nitrogens with two attached hydrogens (primary N) is 1. The van der Waals surface area contributed by atoms with Crippen LogP contribution in [-0.4, -0.2) is 42.0 Å². The van der Waals surface area contributed by atoms with Gasteiger partial charge in [-0.3, -0.25) is 4.79 Å². The Morgan fingerprint density at radius 2 is 2.06 bits per heavy atom. The first kappa shape index (κ1) is 12.2. The molecule has 1 saturated heterocycles. The molecule has 1 aromatic heterocycles. The van der Waals surface area contributed by atoms with Gasteiger partial charge in [0.05, 0.1) is 5.69 Å². The lowest BCUT2D eigenvalue weighted by atomic mass is 10.3. The van der Waals surface area contributed by atoms with Gasteiger partial charge in [-0.2, -0.15) is 0 Å². The van der Waals surface area contributed by atoms with E-state index in [4.69, 9.17) is 5.73 Å². The average molecular weight is 299 g/mol. The van der Waals surface area contributed by atoms with Crippen LogP contribution in [-0.2, 0) is 4.79 Å². The topological polar surface area (TPSA) is 62.5 Å². The number of carbonyl (C=O) groups excluding carboxylic acids is 1. The van der Waals surface area contributed by atoms with Gasteiger partial charge in [0.15, 0.2) is 5.82 Å². The summed E-state index contributed by atoms with van der Waals surface area (Å²) in [5.74, 6) is 0.929. The van der Waals surface area contributed by atoms with Gasteiger partial charge in [-0.15, -0.1) is 0 Å². The van der Waals surface area contributed by atoms with Crippen LogP contribution in [0.1, 0.15) is 6.92 Å². The summed E-state index contributed by atoms with van der Waals surface area (Å²) in [4.78, 5) is 19.5. The van der Waals surface area contributed by atoms with Gasteiger partial charge in [0.2, 0.25) is 5.91 Å². The van der Waals surface area contributed by atoms with Crippen LogP contribution in [0.3, 0.4) is 0 Å². The number of pyridine rings is 1. The number of anilines is 2. The number of nitrogen functional groups attached to an aromatic ring is 1. The molecule has 17 heavy (non-hydrogen) atoms. The molecule has 0 spiro atoms. The summed E-state index contributed by atoms with van der Waals surface area (Å²) >= 11 is 3.33. The quantitative estimate of drug-likeness (QED) is 0.843. The number of halogens is 1. The van der Waals surface area contributed by atoms with Gasteiger partial charge in [0.1, 0.15) is 0 Å². The van der Waals surface area contributed by atoms with Crippen molar-refractivity contribution < 1.29 is 4.79 Å². The van der Waals surface area contributed by atoms with E-state index in [0.717, 1.165) is 36.5 Å². The van der Waals surface area contributed by atoms with Crippen LogP contribution < -0.4 is 10.6 Å². The van der Waals surface area contributed by atoms with E-state index in [9.17, 15) is 4.79 Å². The highest BCUT2D eigenvalue weighted by Crippen LogP contribution is 2.24.